The number of aromatic amines is 2. The number of H-pyrrole nitrogens is 2. The maximum absolute atomic E-state index is 11.3. The molecule has 0 aliphatic carbocycles. The van der Waals surface area contributed by atoms with Crippen molar-refractivity contribution in [1.82, 2.24) is 29.7 Å². The van der Waals surface area contributed by atoms with Gasteiger partial charge in [0.25, 0.3) is 11.1 Å². The van der Waals surface area contributed by atoms with E-state index >= 15 is 0 Å². The number of nitrogens with zero attached hydrogens (tertiary/aromatic N) is 5. The molecule has 0 spiro atoms. The molecule has 1 aromatic carbocycles. The van der Waals surface area contributed by atoms with Gasteiger partial charge in [-0.15, -0.1) is 0 Å². The van der Waals surface area contributed by atoms with E-state index < -0.39 is 0 Å². The van der Waals surface area contributed by atoms with Gasteiger partial charge in [-0.05, 0) is 93.2 Å². The van der Waals surface area contributed by atoms with Crippen molar-refractivity contribution in [2.45, 2.75) is 45.4 Å². The quantitative estimate of drug-likeness (QED) is 0.280. The normalized spacial score (nSPS) is 15.9. The molecular weight excluding hydrogens is 777 g/mol. The number of halogens is 3. The van der Waals surface area contributed by atoms with Crippen LogP contribution in [0.3, 0.4) is 0 Å². The molecule has 0 saturated carbocycles. The second kappa shape index (κ2) is 14.9. The van der Waals surface area contributed by atoms with Crippen molar-refractivity contribution < 1.29 is 14.0 Å². The third-order valence-electron chi connectivity index (χ3n) is 7.07. The summed E-state index contributed by atoms with van der Waals surface area (Å²) < 4.78 is 20.7. The fraction of sp³-hybridized carbons (Fsp3) is 0.310. The van der Waals surface area contributed by atoms with Crippen LogP contribution < -0.4 is 21.3 Å². The first-order valence-electron chi connectivity index (χ1n) is 13.6. The summed E-state index contributed by atoms with van der Waals surface area (Å²) in [6.07, 6.45) is 10.3. The van der Waals surface area contributed by atoms with Crippen LogP contribution in [-0.2, 0) is 15.9 Å². The van der Waals surface area contributed by atoms with E-state index in [1.807, 2.05) is 47.4 Å². The number of nitrogens with one attached hydrogen (secondary N) is 2. The van der Waals surface area contributed by atoms with Crippen molar-refractivity contribution in [3.8, 4) is 5.75 Å². The highest BCUT2D eigenvalue weighted by Gasteiger charge is 2.52. The summed E-state index contributed by atoms with van der Waals surface area (Å²) in [5.74, 6) is 0.854. The largest absolute Gasteiger partial charge is 0.498 e. The van der Waals surface area contributed by atoms with Gasteiger partial charge in [-0.1, -0.05) is 18.2 Å². The third kappa shape index (κ3) is 9.19. The molecule has 0 amide bonds. The van der Waals surface area contributed by atoms with Gasteiger partial charge < -0.3 is 24.0 Å². The van der Waals surface area contributed by atoms with Crippen molar-refractivity contribution in [3.05, 3.63) is 101 Å². The zero-order valence-electron chi connectivity index (χ0n) is 25.2. The average Bonchev–Trinajstić information content (AvgIpc) is 3.74. The lowest BCUT2D eigenvalue weighted by molar-refractivity contribution is 0.00578. The number of ether oxygens (including phenoxy) is 1. The SMILES string of the molecule is COc1ccc(Cn2cc(B3OC(C)(C)C(C)(C)O3)cn2)cc1.O=c1[nH]cc(Br)nc1Br.O=c1[nH]cc(Br)nc1C1=CCN=C1. The molecule has 16 heteroatoms. The molecule has 3 aromatic heterocycles. The highest BCUT2D eigenvalue weighted by atomic mass is 79.9. The van der Waals surface area contributed by atoms with E-state index in [9.17, 15) is 9.59 Å². The molecule has 4 aromatic rings. The molecule has 0 atom stereocenters. The van der Waals surface area contributed by atoms with Gasteiger partial charge in [-0.2, -0.15) is 5.10 Å². The Bertz CT molecular complexity index is 1790. The standard InChI is InChI=1S/C17H23BN2O3.C8H6BrN3O.C4H2Br2N2O/c1-16(2)17(3,4)23-18(22-16)14-10-19-20(12-14)11-13-6-8-15(21-5)9-7-13;9-6-4-11-8(13)7(12-6)5-1-2-10-3-5;5-2-1-7-4(9)3(6)8-2/h6-10,12H,11H2,1-5H3;1,3-4H,2H2,(H,11,13);1H,(H,7,9). The molecule has 1 fully saturated rings. The monoisotopic (exact) mass is 805 g/mol. The number of aliphatic imine (C=N–C) groups is 1. The van der Waals surface area contributed by atoms with E-state index in [0.717, 1.165) is 22.3 Å². The number of methoxy groups -OCH3 is 1. The van der Waals surface area contributed by atoms with Crippen LogP contribution in [0.15, 0.2) is 83.5 Å². The molecule has 0 radical (unpaired) electrons. The van der Waals surface area contributed by atoms with E-state index in [-0.39, 0.29) is 34.0 Å². The van der Waals surface area contributed by atoms with Gasteiger partial charge in [-0.3, -0.25) is 19.3 Å². The van der Waals surface area contributed by atoms with Crippen LogP contribution in [0.4, 0.5) is 0 Å². The molecule has 1 saturated heterocycles. The summed E-state index contributed by atoms with van der Waals surface area (Å²) in [5, 5.41) is 4.42. The Kier molecular flexibility index (Phi) is 11.5. The van der Waals surface area contributed by atoms with E-state index in [0.29, 0.717) is 28.0 Å². The Labute approximate surface area is 285 Å². The number of hydrogen-bond acceptors (Lipinski definition) is 9. The predicted molar refractivity (Wildman–Crippen MR) is 184 cm³/mol. The summed E-state index contributed by atoms with van der Waals surface area (Å²) in [6, 6.07) is 7.98. The smallest absolute Gasteiger partial charge is 0.497 e. The van der Waals surface area contributed by atoms with Crippen molar-refractivity contribution in [3.63, 3.8) is 0 Å². The third-order valence-corrected chi connectivity index (χ3v) is 8.42. The summed E-state index contributed by atoms with van der Waals surface area (Å²) in [6.45, 7) is 9.53. The first kappa shape index (κ1) is 34.7. The van der Waals surface area contributed by atoms with Gasteiger partial charge in [0.1, 0.15) is 20.6 Å². The second-order valence-electron chi connectivity index (χ2n) is 10.8. The van der Waals surface area contributed by atoms with Crippen molar-refractivity contribution in [1.29, 1.82) is 0 Å². The first-order chi connectivity index (χ1) is 21.3. The van der Waals surface area contributed by atoms with Crippen LogP contribution in [0.2, 0.25) is 0 Å². The second-order valence-corrected chi connectivity index (χ2v) is 13.2. The predicted octanol–water partition coefficient (Wildman–Crippen LogP) is 4.53. The Morgan fingerprint density at radius 3 is 2.13 bits per heavy atom. The Morgan fingerprint density at radius 2 is 1.58 bits per heavy atom. The molecule has 5 heterocycles. The Balaban J connectivity index is 0.000000175. The molecule has 2 aliphatic rings. The lowest BCUT2D eigenvalue weighted by atomic mass is 9.82. The van der Waals surface area contributed by atoms with Gasteiger partial charge in [0, 0.05) is 42.0 Å². The summed E-state index contributed by atoms with van der Waals surface area (Å²) >= 11 is 9.24. The topological polar surface area (TPSA) is 149 Å². The summed E-state index contributed by atoms with van der Waals surface area (Å²) in [5.41, 5.74) is 2.21. The molecule has 0 unspecified atom stereocenters. The van der Waals surface area contributed by atoms with Gasteiger partial charge in [-0.25, -0.2) is 9.97 Å². The van der Waals surface area contributed by atoms with Gasteiger partial charge in [0.05, 0.1) is 31.4 Å². The lowest BCUT2D eigenvalue weighted by Crippen LogP contribution is -2.41. The zero-order valence-corrected chi connectivity index (χ0v) is 29.9. The number of rotatable bonds is 5. The van der Waals surface area contributed by atoms with Crippen LogP contribution >= 0.6 is 47.8 Å². The first-order valence-corrected chi connectivity index (χ1v) is 16.0. The number of hydrogen-bond donors (Lipinski definition) is 2. The van der Waals surface area contributed by atoms with E-state index in [1.54, 1.807) is 13.3 Å². The molecule has 2 N–H and O–H groups in total. The minimum atomic E-state index is -0.371. The van der Waals surface area contributed by atoms with E-state index in [2.05, 4.69) is 106 Å². The van der Waals surface area contributed by atoms with Crippen LogP contribution in [0.1, 0.15) is 39.0 Å². The number of allylic oxidation sites excluding steroid dienone is 1. The highest BCUT2D eigenvalue weighted by Crippen LogP contribution is 2.36. The van der Waals surface area contributed by atoms with Crippen LogP contribution in [0.25, 0.3) is 5.57 Å². The number of aromatic nitrogens is 6. The van der Waals surface area contributed by atoms with Gasteiger partial charge in [0.15, 0.2) is 4.60 Å². The Morgan fingerprint density at radius 1 is 0.956 bits per heavy atom. The number of benzene rings is 1. The fourth-order valence-corrected chi connectivity index (χ4v) is 5.06. The van der Waals surface area contributed by atoms with Crippen LogP contribution in [-0.4, -0.2) is 67.9 Å². The average molecular weight is 808 g/mol. The summed E-state index contributed by atoms with van der Waals surface area (Å²) in [7, 11) is 1.30. The van der Waals surface area contributed by atoms with Crippen molar-refractivity contribution in [2.24, 2.45) is 4.99 Å². The van der Waals surface area contributed by atoms with E-state index in [1.165, 1.54) is 12.4 Å². The maximum Gasteiger partial charge on any atom is 0.498 e. The summed E-state index contributed by atoms with van der Waals surface area (Å²) in [4.78, 5) is 38.8. The van der Waals surface area contributed by atoms with Crippen LogP contribution in [0, 0.1) is 0 Å². The fourth-order valence-electron chi connectivity index (χ4n) is 3.94. The van der Waals surface area contributed by atoms with Crippen molar-refractivity contribution in [2.75, 3.05) is 13.7 Å². The molecule has 45 heavy (non-hydrogen) atoms. The van der Waals surface area contributed by atoms with Gasteiger partial charge in [0.2, 0.25) is 0 Å². The Hall–Kier alpha value is -3.18. The van der Waals surface area contributed by atoms with Gasteiger partial charge >= 0.3 is 7.12 Å². The molecular formula is C29H31BBr3N7O5. The molecule has 236 valence electrons. The molecule has 12 nitrogen and oxygen atoms in total. The maximum atomic E-state index is 11.3. The molecule has 0 bridgehead atoms. The lowest BCUT2D eigenvalue weighted by Gasteiger charge is -2.32. The minimum Gasteiger partial charge on any atom is -0.497 e. The highest BCUT2D eigenvalue weighted by molar-refractivity contribution is 9.11. The zero-order chi connectivity index (χ0) is 32.8. The molecule has 2 aliphatic heterocycles. The van der Waals surface area contributed by atoms with Crippen molar-refractivity contribution >= 4 is 72.2 Å². The minimum absolute atomic E-state index is 0.192. The van der Waals surface area contributed by atoms with Crippen LogP contribution in [0.5, 0.6) is 5.75 Å². The van der Waals surface area contributed by atoms with E-state index in [4.69, 9.17) is 14.0 Å². The molecule has 6 rings (SSSR count).